The van der Waals surface area contributed by atoms with Crippen molar-refractivity contribution in [3.8, 4) is 0 Å². The van der Waals surface area contributed by atoms with Crippen LogP contribution in [0.4, 0.5) is 5.69 Å². The number of non-ortho nitro benzene ring substituents is 1. The van der Waals surface area contributed by atoms with Crippen LogP contribution in [-0.2, 0) is 14.3 Å². The molecule has 0 unspecified atom stereocenters. The van der Waals surface area contributed by atoms with Gasteiger partial charge in [-0.25, -0.2) is 4.79 Å². The molecule has 0 radical (unpaired) electrons. The van der Waals surface area contributed by atoms with E-state index >= 15 is 0 Å². The lowest BCUT2D eigenvalue weighted by atomic mass is 10.2. The summed E-state index contributed by atoms with van der Waals surface area (Å²) < 4.78 is 4.69. The number of carbonyl (C=O) groups is 2. The number of amides is 1. The van der Waals surface area contributed by atoms with Gasteiger partial charge in [0.05, 0.1) is 4.92 Å². The monoisotopic (exact) mass is 264 g/mol. The van der Waals surface area contributed by atoms with Crippen LogP contribution in [0.2, 0.25) is 0 Å². The van der Waals surface area contributed by atoms with E-state index in [9.17, 15) is 19.7 Å². The molecule has 0 aliphatic carbocycles. The Morgan fingerprint density at radius 1 is 1.37 bits per heavy atom. The highest BCUT2D eigenvalue weighted by Crippen LogP contribution is 2.12. The third kappa shape index (κ3) is 4.58. The lowest BCUT2D eigenvalue weighted by Crippen LogP contribution is -2.29. The molecule has 0 heterocycles. The van der Waals surface area contributed by atoms with Gasteiger partial charge in [-0.3, -0.25) is 14.9 Å². The Hall–Kier alpha value is -2.70. The summed E-state index contributed by atoms with van der Waals surface area (Å²) in [6, 6.07) is 5.60. The number of hydrogen-bond donors (Lipinski definition) is 1. The molecule has 0 fully saturated rings. The average Bonchev–Trinajstić information content (AvgIpc) is 2.36. The fourth-order valence-corrected chi connectivity index (χ4v) is 1.14. The summed E-state index contributed by atoms with van der Waals surface area (Å²) in [6.45, 7) is 1.36. The Labute approximate surface area is 108 Å². The van der Waals surface area contributed by atoms with E-state index < -0.39 is 22.9 Å². The number of nitrogens with two attached hydrogens (primary N) is 1. The lowest BCUT2D eigenvalue weighted by molar-refractivity contribution is -0.384. The molecule has 1 atom stereocenters. The zero-order valence-electron chi connectivity index (χ0n) is 10.1. The topological polar surface area (TPSA) is 113 Å². The lowest BCUT2D eigenvalue weighted by Gasteiger charge is -2.06. The first kappa shape index (κ1) is 14.4. The number of carbonyl (C=O) groups excluding carboxylic acids is 2. The van der Waals surface area contributed by atoms with Crippen molar-refractivity contribution in [2.75, 3.05) is 0 Å². The van der Waals surface area contributed by atoms with Gasteiger partial charge < -0.3 is 10.5 Å². The van der Waals surface area contributed by atoms with Crippen molar-refractivity contribution >= 4 is 23.6 Å². The maximum Gasteiger partial charge on any atom is 0.331 e. The van der Waals surface area contributed by atoms with Crippen molar-refractivity contribution in [3.63, 3.8) is 0 Å². The van der Waals surface area contributed by atoms with Gasteiger partial charge in [-0.15, -0.1) is 0 Å². The van der Waals surface area contributed by atoms with Gasteiger partial charge in [0.15, 0.2) is 6.10 Å². The van der Waals surface area contributed by atoms with Gasteiger partial charge >= 0.3 is 5.97 Å². The number of esters is 1. The highest BCUT2D eigenvalue weighted by Gasteiger charge is 2.12. The molecule has 0 saturated carbocycles. The fraction of sp³-hybridized carbons (Fsp3) is 0.167. The summed E-state index contributed by atoms with van der Waals surface area (Å²) in [5, 5.41) is 10.4. The molecular weight excluding hydrogens is 252 g/mol. The predicted octanol–water partition coefficient (Wildman–Crippen LogP) is 1.02. The standard InChI is InChI=1S/C12H12N2O5/c1-8(12(13)16)19-11(15)7-4-9-2-5-10(6-3-9)14(17)18/h2-8H,1H3,(H2,13,16)/b7-4+/t8-/m0/s1. The van der Waals surface area contributed by atoms with E-state index in [0.717, 1.165) is 6.08 Å². The normalized spacial score (nSPS) is 12.1. The first-order valence-electron chi connectivity index (χ1n) is 5.32. The summed E-state index contributed by atoms with van der Waals surface area (Å²) >= 11 is 0. The van der Waals surface area contributed by atoms with Gasteiger partial charge in [0, 0.05) is 18.2 Å². The third-order valence-corrected chi connectivity index (χ3v) is 2.21. The summed E-state index contributed by atoms with van der Waals surface area (Å²) in [4.78, 5) is 31.9. The largest absolute Gasteiger partial charge is 0.449 e. The molecule has 0 aliphatic rings. The van der Waals surface area contributed by atoms with Crippen LogP contribution >= 0.6 is 0 Å². The zero-order valence-corrected chi connectivity index (χ0v) is 10.1. The molecular formula is C12H12N2O5. The van der Waals surface area contributed by atoms with E-state index in [4.69, 9.17) is 5.73 Å². The van der Waals surface area contributed by atoms with E-state index in [0.29, 0.717) is 5.56 Å². The number of nitro groups is 1. The van der Waals surface area contributed by atoms with Crippen LogP contribution < -0.4 is 5.73 Å². The highest BCUT2D eigenvalue weighted by atomic mass is 16.6. The van der Waals surface area contributed by atoms with Crippen molar-refractivity contribution in [2.45, 2.75) is 13.0 Å². The Kier molecular flexibility index (Phi) is 4.76. The first-order chi connectivity index (χ1) is 8.90. The van der Waals surface area contributed by atoms with Gasteiger partial charge in [-0.1, -0.05) is 0 Å². The van der Waals surface area contributed by atoms with Crippen molar-refractivity contribution in [1.82, 2.24) is 0 Å². The van der Waals surface area contributed by atoms with Gasteiger partial charge in [-0.2, -0.15) is 0 Å². The Morgan fingerprint density at radius 2 is 1.95 bits per heavy atom. The third-order valence-electron chi connectivity index (χ3n) is 2.21. The number of rotatable bonds is 5. The van der Waals surface area contributed by atoms with Crippen molar-refractivity contribution < 1.29 is 19.2 Å². The van der Waals surface area contributed by atoms with Crippen molar-refractivity contribution in [3.05, 3.63) is 46.0 Å². The molecule has 100 valence electrons. The van der Waals surface area contributed by atoms with Crippen LogP contribution in [0.1, 0.15) is 12.5 Å². The van der Waals surface area contributed by atoms with E-state index in [2.05, 4.69) is 4.74 Å². The minimum absolute atomic E-state index is 0.0397. The van der Waals surface area contributed by atoms with Gasteiger partial charge in [0.2, 0.25) is 0 Å². The molecule has 1 aromatic carbocycles. The molecule has 7 heteroatoms. The highest BCUT2D eigenvalue weighted by molar-refractivity contribution is 5.89. The number of primary amides is 1. The fourth-order valence-electron chi connectivity index (χ4n) is 1.14. The van der Waals surface area contributed by atoms with Crippen LogP contribution in [0.5, 0.6) is 0 Å². The van der Waals surface area contributed by atoms with E-state index in [1.165, 1.54) is 37.3 Å². The second kappa shape index (κ2) is 6.29. The molecule has 0 aromatic heterocycles. The van der Waals surface area contributed by atoms with Crippen LogP contribution in [-0.4, -0.2) is 22.9 Å². The average molecular weight is 264 g/mol. The maximum absolute atomic E-state index is 11.3. The Balaban J connectivity index is 2.63. The summed E-state index contributed by atoms with van der Waals surface area (Å²) in [7, 11) is 0. The smallest absolute Gasteiger partial charge is 0.331 e. The number of nitro benzene ring substituents is 1. The molecule has 0 aliphatic heterocycles. The number of hydrogen-bond acceptors (Lipinski definition) is 5. The van der Waals surface area contributed by atoms with Gasteiger partial charge in [0.1, 0.15) is 0 Å². The predicted molar refractivity (Wildman–Crippen MR) is 66.9 cm³/mol. The summed E-state index contributed by atoms with van der Waals surface area (Å²) in [5.41, 5.74) is 5.48. The molecule has 0 saturated heterocycles. The second-order valence-electron chi connectivity index (χ2n) is 3.66. The molecule has 7 nitrogen and oxygen atoms in total. The van der Waals surface area contributed by atoms with Crippen molar-refractivity contribution in [1.29, 1.82) is 0 Å². The van der Waals surface area contributed by atoms with E-state index in [-0.39, 0.29) is 5.69 Å². The molecule has 0 spiro atoms. The maximum atomic E-state index is 11.3. The Bertz CT molecular complexity index is 521. The molecule has 2 N–H and O–H groups in total. The summed E-state index contributed by atoms with van der Waals surface area (Å²) in [6.07, 6.45) is 1.52. The van der Waals surface area contributed by atoms with E-state index in [1.54, 1.807) is 0 Å². The number of nitrogens with zero attached hydrogens (tertiary/aromatic N) is 1. The minimum Gasteiger partial charge on any atom is -0.449 e. The zero-order chi connectivity index (χ0) is 14.4. The molecule has 19 heavy (non-hydrogen) atoms. The van der Waals surface area contributed by atoms with Crippen LogP contribution in [0, 0.1) is 10.1 Å². The molecule has 1 rings (SSSR count). The minimum atomic E-state index is -1.01. The Morgan fingerprint density at radius 3 is 2.42 bits per heavy atom. The molecule has 1 amide bonds. The van der Waals surface area contributed by atoms with E-state index in [1.807, 2.05) is 0 Å². The number of ether oxygens (including phenoxy) is 1. The van der Waals surface area contributed by atoms with Crippen LogP contribution in [0.25, 0.3) is 6.08 Å². The van der Waals surface area contributed by atoms with Crippen molar-refractivity contribution in [2.24, 2.45) is 5.73 Å². The molecule has 0 bridgehead atoms. The first-order valence-corrected chi connectivity index (χ1v) is 5.32. The second-order valence-corrected chi connectivity index (χ2v) is 3.66. The number of benzene rings is 1. The summed E-state index contributed by atoms with van der Waals surface area (Å²) in [5.74, 6) is -1.46. The van der Waals surface area contributed by atoms with Crippen LogP contribution in [0.3, 0.4) is 0 Å². The van der Waals surface area contributed by atoms with Gasteiger partial charge in [0.25, 0.3) is 11.6 Å². The molecule has 1 aromatic rings. The quantitative estimate of drug-likeness (QED) is 0.369. The van der Waals surface area contributed by atoms with Crippen LogP contribution in [0.15, 0.2) is 30.3 Å². The van der Waals surface area contributed by atoms with Gasteiger partial charge in [-0.05, 0) is 30.7 Å². The SMILES string of the molecule is C[C@H](OC(=O)/C=C/c1ccc([N+](=O)[O-])cc1)C(N)=O.